The maximum absolute atomic E-state index is 10.1. The van der Waals surface area contributed by atoms with Crippen molar-refractivity contribution in [1.29, 1.82) is 0 Å². The molecule has 14 heavy (non-hydrogen) atoms. The third-order valence-electron chi connectivity index (χ3n) is 1.62. The molecule has 0 aromatic carbocycles. The Morgan fingerprint density at radius 3 is 2.00 bits per heavy atom. The van der Waals surface area contributed by atoms with Gasteiger partial charge in [-0.2, -0.15) is 0 Å². The SMILES string of the molecule is O=C[C@@H](O)[C@H](O)[C@H](O)C(O)CC(=O)O. The van der Waals surface area contributed by atoms with Gasteiger partial charge in [0.25, 0.3) is 0 Å². The van der Waals surface area contributed by atoms with Crippen molar-refractivity contribution in [3.05, 3.63) is 0 Å². The second-order valence-electron chi connectivity index (χ2n) is 2.77. The molecule has 0 aromatic rings. The van der Waals surface area contributed by atoms with Gasteiger partial charge >= 0.3 is 5.97 Å². The first-order chi connectivity index (χ1) is 6.40. The van der Waals surface area contributed by atoms with Crippen LogP contribution in [0, 0.1) is 0 Å². The highest BCUT2D eigenvalue weighted by atomic mass is 16.4. The molecule has 0 spiro atoms. The van der Waals surface area contributed by atoms with E-state index < -0.39 is 36.8 Å². The smallest absolute Gasteiger partial charge is 0.306 e. The van der Waals surface area contributed by atoms with Gasteiger partial charge < -0.3 is 30.3 Å². The number of aldehydes is 1. The van der Waals surface area contributed by atoms with Crippen LogP contribution in [0.1, 0.15) is 6.42 Å². The second kappa shape index (κ2) is 5.66. The van der Waals surface area contributed by atoms with Gasteiger partial charge in [-0.25, -0.2) is 0 Å². The number of carboxylic acid groups (broad SMARTS) is 1. The molecule has 0 aliphatic heterocycles. The van der Waals surface area contributed by atoms with Gasteiger partial charge in [0.15, 0.2) is 6.29 Å². The maximum atomic E-state index is 10.1. The lowest BCUT2D eigenvalue weighted by Gasteiger charge is -2.22. The van der Waals surface area contributed by atoms with Gasteiger partial charge in [0.1, 0.15) is 18.3 Å². The first-order valence-electron chi connectivity index (χ1n) is 3.79. The molecule has 0 saturated carbocycles. The Morgan fingerprint density at radius 1 is 1.14 bits per heavy atom. The Balaban J connectivity index is 4.22. The molecular weight excluding hydrogens is 196 g/mol. The van der Waals surface area contributed by atoms with E-state index in [1.807, 2.05) is 0 Å². The molecule has 5 N–H and O–H groups in total. The summed E-state index contributed by atoms with van der Waals surface area (Å²) in [5, 5.41) is 44.0. The number of aliphatic hydroxyl groups is 4. The number of rotatable bonds is 6. The van der Waals surface area contributed by atoms with Crippen LogP contribution < -0.4 is 0 Å². The van der Waals surface area contributed by atoms with Gasteiger partial charge in [0.2, 0.25) is 0 Å². The minimum atomic E-state index is -1.90. The zero-order valence-corrected chi connectivity index (χ0v) is 7.15. The standard InChI is InChI=1S/C7H12O7/c8-2-4(10)7(14)6(13)3(9)1-5(11)12/h2-4,6-7,9-10,13-14H,1H2,(H,11,12)/t3?,4-,6-,7+/m1/s1. The van der Waals surface area contributed by atoms with Crippen LogP contribution in [-0.2, 0) is 9.59 Å². The molecular formula is C7H12O7. The van der Waals surface area contributed by atoms with Gasteiger partial charge in [-0.3, -0.25) is 4.79 Å². The fourth-order valence-corrected chi connectivity index (χ4v) is 0.810. The van der Waals surface area contributed by atoms with Gasteiger partial charge in [0, 0.05) is 0 Å². The summed E-state index contributed by atoms with van der Waals surface area (Å²) in [6.07, 6.45) is -8.19. The fraction of sp³-hybridized carbons (Fsp3) is 0.714. The molecule has 1 unspecified atom stereocenters. The predicted octanol–water partition coefficient (Wildman–Crippen LogP) is -2.90. The van der Waals surface area contributed by atoms with Crippen LogP contribution in [0.4, 0.5) is 0 Å². The zero-order chi connectivity index (χ0) is 11.3. The molecule has 0 heterocycles. The second-order valence-corrected chi connectivity index (χ2v) is 2.77. The Labute approximate surface area is 79.2 Å². The van der Waals surface area contributed by atoms with Crippen LogP contribution >= 0.6 is 0 Å². The van der Waals surface area contributed by atoms with Crippen molar-refractivity contribution in [3.63, 3.8) is 0 Å². The largest absolute Gasteiger partial charge is 0.481 e. The molecule has 0 saturated heterocycles. The highest BCUT2D eigenvalue weighted by Crippen LogP contribution is 2.06. The van der Waals surface area contributed by atoms with E-state index in [1.54, 1.807) is 0 Å². The average molecular weight is 208 g/mol. The van der Waals surface area contributed by atoms with E-state index in [0.29, 0.717) is 0 Å². The van der Waals surface area contributed by atoms with Gasteiger partial charge in [-0.05, 0) is 0 Å². The monoisotopic (exact) mass is 208 g/mol. The van der Waals surface area contributed by atoms with Crippen LogP contribution in [0.15, 0.2) is 0 Å². The van der Waals surface area contributed by atoms with Gasteiger partial charge in [0.05, 0.1) is 12.5 Å². The molecule has 7 heteroatoms. The van der Waals surface area contributed by atoms with Crippen molar-refractivity contribution in [1.82, 2.24) is 0 Å². The van der Waals surface area contributed by atoms with Crippen molar-refractivity contribution < 1.29 is 35.1 Å². The van der Waals surface area contributed by atoms with E-state index >= 15 is 0 Å². The van der Waals surface area contributed by atoms with Crippen LogP contribution in [-0.4, -0.2) is 62.2 Å². The van der Waals surface area contributed by atoms with Crippen LogP contribution in [0.2, 0.25) is 0 Å². The summed E-state index contributed by atoms with van der Waals surface area (Å²) in [5.74, 6) is -1.37. The van der Waals surface area contributed by atoms with E-state index in [-0.39, 0.29) is 6.29 Å². The van der Waals surface area contributed by atoms with Gasteiger partial charge in [-0.1, -0.05) is 0 Å². The number of hydrogen-bond acceptors (Lipinski definition) is 6. The molecule has 0 aromatic heterocycles. The summed E-state index contributed by atoms with van der Waals surface area (Å²) in [7, 11) is 0. The third kappa shape index (κ3) is 3.79. The van der Waals surface area contributed by atoms with E-state index in [2.05, 4.69) is 0 Å². The summed E-state index contributed by atoms with van der Waals surface area (Å²) < 4.78 is 0. The predicted molar refractivity (Wildman–Crippen MR) is 42.3 cm³/mol. The minimum absolute atomic E-state index is 0.0264. The number of carbonyl (C=O) groups is 2. The highest BCUT2D eigenvalue weighted by molar-refractivity contribution is 5.67. The van der Waals surface area contributed by atoms with Crippen LogP contribution in [0.5, 0.6) is 0 Å². The van der Waals surface area contributed by atoms with Crippen molar-refractivity contribution in [2.24, 2.45) is 0 Å². The Kier molecular flexibility index (Phi) is 5.24. The molecule has 0 rings (SSSR count). The molecule has 4 atom stereocenters. The molecule has 0 aliphatic carbocycles. The molecule has 0 radical (unpaired) electrons. The third-order valence-corrected chi connectivity index (χ3v) is 1.62. The summed E-state index contributed by atoms with van der Waals surface area (Å²) in [5.41, 5.74) is 0. The Bertz CT molecular complexity index is 204. The molecule has 82 valence electrons. The zero-order valence-electron chi connectivity index (χ0n) is 7.15. The Hall–Kier alpha value is -1.02. The lowest BCUT2D eigenvalue weighted by molar-refractivity contribution is -0.147. The van der Waals surface area contributed by atoms with Crippen molar-refractivity contribution >= 4 is 12.3 Å². The first-order valence-corrected chi connectivity index (χ1v) is 3.79. The molecule has 0 bridgehead atoms. The average Bonchev–Trinajstić information content (AvgIpc) is 2.13. The number of carbonyl (C=O) groups excluding carboxylic acids is 1. The van der Waals surface area contributed by atoms with E-state index in [0.717, 1.165) is 0 Å². The lowest BCUT2D eigenvalue weighted by atomic mass is 10.0. The number of carboxylic acids is 1. The van der Waals surface area contributed by atoms with E-state index in [4.69, 9.17) is 25.5 Å². The normalized spacial score (nSPS) is 19.4. The molecule has 0 fully saturated rings. The van der Waals surface area contributed by atoms with Crippen molar-refractivity contribution in [2.45, 2.75) is 30.8 Å². The van der Waals surface area contributed by atoms with E-state index in [9.17, 15) is 9.59 Å². The van der Waals surface area contributed by atoms with Crippen molar-refractivity contribution in [3.8, 4) is 0 Å². The molecule has 7 nitrogen and oxygen atoms in total. The molecule has 0 amide bonds. The fourth-order valence-electron chi connectivity index (χ4n) is 0.810. The summed E-state index contributed by atoms with van der Waals surface area (Å²) >= 11 is 0. The Morgan fingerprint density at radius 2 is 1.64 bits per heavy atom. The maximum Gasteiger partial charge on any atom is 0.306 e. The summed E-state index contributed by atoms with van der Waals surface area (Å²) in [4.78, 5) is 20.1. The van der Waals surface area contributed by atoms with Crippen LogP contribution in [0.3, 0.4) is 0 Å². The van der Waals surface area contributed by atoms with Gasteiger partial charge in [-0.15, -0.1) is 0 Å². The highest BCUT2D eigenvalue weighted by Gasteiger charge is 2.31. The topological polar surface area (TPSA) is 135 Å². The quantitative estimate of drug-likeness (QED) is 0.295. The summed E-state index contributed by atoms with van der Waals surface area (Å²) in [6, 6.07) is 0. The summed E-state index contributed by atoms with van der Waals surface area (Å²) in [6.45, 7) is 0. The number of hydrogen-bond donors (Lipinski definition) is 5. The molecule has 0 aliphatic rings. The van der Waals surface area contributed by atoms with Crippen molar-refractivity contribution in [2.75, 3.05) is 0 Å². The first kappa shape index (κ1) is 13.0. The number of aliphatic carboxylic acids is 1. The number of aliphatic hydroxyl groups excluding tert-OH is 4. The van der Waals surface area contributed by atoms with Crippen LogP contribution in [0.25, 0.3) is 0 Å². The lowest BCUT2D eigenvalue weighted by Crippen LogP contribution is -2.45. The minimum Gasteiger partial charge on any atom is -0.481 e. The van der Waals surface area contributed by atoms with E-state index in [1.165, 1.54) is 0 Å².